The molecule has 3 nitrogen and oxygen atoms in total. The second-order valence-electron chi connectivity index (χ2n) is 1.36. The molecule has 5 heteroatoms. The van der Waals surface area contributed by atoms with Crippen LogP contribution >= 0.6 is 11.6 Å². The highest BCUT2D eigenvalue weighted by atomic mass is 35.5. The molecule has 2 atom stereocenters. The molecule has 1 aliphatic heterocycles. The van der Waals surface area contributed by atoms with Gasteiger partial charge in [-0.1, -0.05) is 0 Å². The van der Waals surface area contributed by atoms with Crippen molar-refractivity contribution in [1.29, 1.82) is 0 Å². The van der Waals surface area contributed by atoms with Crippen LogP contribution in [0.2, 0.25) is 0 Å². The van der Waals surface area contributed by atoms with E-state index >= 15 is 0 Å². The Bertz CT molecular complexity index is 107. The largest absolute Gasteiger partial charge is 0.305 e. The lowest BCUT2D eigenvalue weighted by Crippen LogP contribution is -2.09. The average molecular weight is 157 g/mol. The Balaban J connectivity index is 2.32. The fraction of sp³-hybridized carbons (Fsp3) is 1.00. The van der Waals surface area contributed by atoms with Gasteiger partial charge in [0.1, 0.15) is 6.10 Å². The molecule has 0 bridgehead atoms. The van der Waals surface area contributed by atoms with Crippen molar-refractivity contribution in [2.75, 3.05) is 12.5 Å². The molecule has 0 spiro atoms. The van der Waals surface area contributed by atoms with Gasteiger partial charge in [0.15, 0.2) is 0 Å². The summed E-state index contributed by atoms with van der Waals surface area (Å²) in [6.45, 7) is 0.343. The van der Waals surface area contributed by atoms with E-state index in [-0.39, 0.29) is 6.10 Å². The molecule has 0 saturated carbocycles. The van der Waals surface area contributed by atoms with Gasteiger partial charge in [0.2, 0.25) is 0 Å². The summed E-state index contributed by atoms with van der Waals surface area (Å²) in [6.07, 6.45) is -0.183. The maximum Gasteiger partial charge on any atom is 0.305 e. The van der Waals surface area contributed by atoms with Crippen LogP contribution in [0, 0.1) is 0 Å². The van der Waals surface area contributed by atoms with E-state index in [1.54, 1.807) is 0 Å². The van der Waals surface area contributed by atoms with E-state index in [0.29, 0.717) is 12.5 Å². The summed E-state index contributed by atoms with van der Waals surface area (Å²) in [5, 5.41) is 0. The summed E-state index contributed by atoms with van der Waals surface area (Å²) >= 11 is 3.80. The minimum atomic E-state index is -1.54. The molecular weight excluding hydrogens is 152 g/mol. The van der Waals surface area contributed by atoms with Gasteiger partial charge in [0.05, 0.1) is 12.5 Å². The molecule has 0 aliphatic carbocycles. The van der Waals surface area contributed by atoms with E-state index in [2.05, 4.69) is 8.37 Å². The first-order valence-corrected chi connectivity index (χ1v) is 3.64. The highest BCUT2D eigenvalue weighted by molar-refractivity contribution is 7.75. The van der Waals surface area contributed by atoms with Gasteiger partial charge in [0, 0.05) is 0 Å². The zero-order valence-corrected chi connectivity index (χ0v) is 5.57. The third-order valence-electron chi connectivity index (χ3n) is 0.737. The van der Waals surface area contributed by atoms with Crippen molar-refractivity contribution in [3.63, 3.8) is 0 Å². The molecule has 1 unspecified atom stereocenters. The molecule has 1 rings (SSSR count). The van der Waals surface area contributed by atoms with E-state index in [1.165, 1.54) is 0 Å². The van der Waals surface area contributed by atoms with E-state index in [4.69, 9.17) is 11.6 Å². The Kier molecular flexibility index (Phi) is 2.25. The third kappa shape index (κ3) is 1.42. The van der Waals surface area contributed by atoms with E-state index in [1.807, 2.05) is 0 Å². The van der Waals surface area contributed by atoms with Gasteiger partial charge in [-0.3, -0.25) is 8.37 Å². The van der Waals surface area contributed by atoms with Gasteiger partial charge in [-0.05, 0) is 0 Å². The third-order valence-corrected chi connectivity index (χ3v) is 1.84. The highest BCUT2D eigenvalue weighted by Gasteiger charge is 2.21. The van der Waals surface area contributed by atoms with Gasteiger partial charge in [-0.15, -0.1) is 11.6 Å². The lowest BCUT2D eigenvalue weighted by Gasteiger charge is -1.94. The van der Waals surface area contributed by atoms with Gasteiger partial charge in [0.25, 0.3) is 0 Å². The second-order valence-corrected chi connectivity index (χ2v) is 2.51. The summed E-state index contributed by atoms with van der Waals surface area (Å²) in [5.74, 6) is 0.339. The van der Waals surface area contributed by atoms with Crippen molar-refractivity contribution >= 4 is 23.0 Å². The molecule has 1 aliphatic rings. The van der Waals surface area contributed by atoms with Crippen molar-refractivity contribution < 1.29 is 12.6 Å². The number of rotatable bonds is 1. The lowest BCUT2D eigenvalue weighted by molar-refractivity contribution is 0.265. The number of hydrogen-bond acceptors (Lipinski definition) is 3. The molecule has 0 aromatic heterocycles. The Labute approximate surface area is 54.8 Å². The minimum absolute atomic E-state index is 0.183. The highest BCUT2D eigenvalue weighted by Crippen LogP contribution is 2.08. The van der Waals surface area contributed by atoms with Crippen LogP contribution in [0.15, 0.2) is 0 Å². The fourth-order valence-electron chi connectivity index (χ4n) is 0.368. The average Bonchev–Trinajstić information content (AvgIpc) is 2.14. The van der Waals surface area contributed by atoms with Crippen molar-refractivity contribution in [3.05, 3.63) is 0 Å². The Morgan fingerprint density at radius 2 is 2.62 bits per heavy atom. The van der Waals surface area contributed by atoms with Crippen LogP contribution in [0.25, 0.3) is 0 Å². The topological polar surface area (TPSA) is 35.5 Å². The molecule has 0 amide bonds. The predicted octanol–water partition coefficient (Wildman–Crippen LogP) is 0.219. The quantitative estimate of drug-likeness (QED) is 0.510. The van der Waals surface area contributed by atoms with Gasteiger partial charge >= 0.3 is 11.4 Å². The van der Waals surface area contributed by atoms with Crippen molar-refractivity contribution in [3.8, 4) is 0 Å². The first-order valence-electron chi connectivity index (χ1n) is 2.11. The van der Waals surface area contributed by atoms with Crippen molar-refractivity contribution in [1.82, 2.24) is 0 Å². The van der Waals surface area contributed by atoms with Crippen LogP contribution in [0.4, 0.5) is 0 Å². The smallest absolute Gasteiger partial charge is 0.266 e. The molecule has 0 aromatic rings. The molecular formula is C3H5ClO3S. The Morgan fingerprint density at radius 3 is 2.88 bits per heavy atom. The van der Waals surface area contributed by atoms with E-state index in [9.17, 15) is 4.21 Å². The van der Waals surface area contributed by atoms with Gasteiger partial charge in [-0.25, -0.2) is 0 Å². The van der Waals surface area contributed by atoms with Gasteiger partial charge < -0.3 is 0 Å². The summed E-state index contributed by atoms with van der Waals surface area (Å²) in [4.78, 5) is 0. The molecule has 48 valence electrons. The number of alkyl halides is 1. The minimum Gasteiger partial charge on any atom is -0.266 e. The zero-order valence-electron chi connectivity index (χ0n) is 4.00. The summed E-state index contributed by atoms with van der Waals surface area (Å²) in [7, 11) is 0. The summed E-state index contributed by atoms with van der Waals surface area (Å²) < 4.78 is 19.4. The molecule has 8 heavy (non-hydrogen) atoms. The van der Waals surface area contributed by atoms with Crippen LogP contribution in [0.3, 0.4) is 0 Å². The number of halogens is 1. The summed E-state index contributed by atoms with van der Waals surface area (Å²) in [6, 6.07) is 0. The molecule has 0 N–H and O–H groups in total. The van der Waals surface area contributed by atoms with Crippen LogP contribution in [-0.2, 0) is 19.7 Å². The van der Waals surface area contributed by atoms with Crippen LogP contribution < -0.4 is 0 Å². The maximum absolute atomic E-state index is 10.2. The fourth-order valence-corrected chi connectivity index (χ4v) is 1.26. The normalized spacial score (nSPS) is 38.1. The molecule has 1 fully saturated rings. The zero-order chi connectivity index (χ0) is 5.98. The molecule has 0 aromatic carbocycles. The van der Waals surface area contributed by atoms with Crippen molar-refractivity contribution in [2.45, 2.75) is 6.10 Å². The SMILES string of the molecule is O=S1OC[C@H](CCl)O1. The molecule has 0 radical (unpaired) electrons. The molecule has 1 heterocycles. The van der Waals surface area contributed by atoms with Crippen LogP contribution in [0.5, 0.6) is 0 Å². The van der Waals surface area contributed by atoms with Crippen LogP contribution in [0.1, 0.15) is 0 Å². The number of hydrogen-bond donors (Lipinski definition) is 0. The first-order chi connectivity index (χ1) is 3.83. The Hall–Kier alpha value is 0.360. The summed E-state index contributed by atoms with van der Waals surface area (Å²) in [5.41, 5.74) is 0. The van der Waals surface area contributed by atoms with E-state index < -0.39 is 11.4 Å². The van der Waals surface area contributed by atoms with Crippen LogP contribution in [-0.4, -0.2) is 22.8 Å². The predicted molar refractivity (Wildman–Crippen MR) is 29.7 cm³/mol. The van der Waals surface area contributed by atoms with Crippen molar-refractivity contribution in [2.24, 2.45) is 0 Å². The Morgan fingerprint density at radius 1 is 1.88 bits per heavy atom. The lowest BCUT2D eigenvalue weighted by atomic mass is 10.5. The first kappa shape index (κ1) is 6.48. The second kappa shape index (κ2) is 2.77. The van der Waals surface area contributed by atoms with Gasteiger partial charge in [-0.2, -0.15) is 4.21 Å². The maximum atomic E-state index is 10.2. The molecule has 1 saturated heterocycles. The monoisotopic (exact) mass is 156 g/mol. The van der Waals surface area contributed by atoms with E-state index in [0.717, 1.165) is 0 Å². The standard InChI is InChI=1S/C3H5ClO3S/c4-1-3-2-6-8(5)7-3/h3H,1-2H2/t3-,8?/m0/s1.